The zero-order valence-corrected chi connectivity index (χ0v) is 12.4. The Morgan fingerprint density at radius 3 is 2.42 bits per heavy atom. The zero-order chi connectivity index (χ0) is 14.5. The summed E-state index contributed by atoms with van der Waals surface area (Å²) in [5.41, 5.74) is 1.34. The average Bonchev–Trinajstić information content (AvgIpc) is 2.28. The van der Waals surface area contributed by atoms with Gasteiger partial charge in [0.15, 0.2) is 0 Å². The molecule has 106 valence electrons. The van der Waals surface area contributed by atoms with Crippen LogP contribution in [0, 0.1) is 12.8 Å². The van der Waals surface area contributed by atoms with Crippen LogP contribution in [0.5, 0.6) is 0 Å². The molecule has 0 aromatic heterocycles. The third-order valence-electron chi connectivity index (χ3n) is 3.00. The van der Waals surface area contributed by atoms with Gasteiger partial charge in [-0.05, 0) is 31.7 Å². The summed E-state index contributed by atoms with van der Waals surface area (Å²) in [4.78, 5) is 11.8. The molecule has 3 heteroatoms. The van der Waals surface area contributed by atoms with E-state index >= 15 is 0 Å². The summed E-state index contributed by atoms with van der Waals surface area (Å²) in [6.07, 6.45) is 1.04. The molecule has 1 rings (SSSR count). The van der Waals surface area contributed by atoms with E-state index in [1.807, 2.05) is 31.2 Å². The topological polar surface area (TPSA) is 49.3 Å². The number of rotatable bonds is 6. The second kappa shape index (κ2) is 6.71. The van der Waals surface area contributed by atoms with Gasteiger partial charge in [0.25, 0.3) is 0 Å². The molecule has 0 saturated carbocycles. The normalized spacial score (nSPS) is 14.2. The first-order valence-electron chi connectivity index (χ1n) is 6.83. The lowest BCUT2D eigenvalue weighted by molar-refractivity contribution is -0.121. The van der Waals surface area contributed by atoms with Crippen molar-refractivity contribution < 1.29 is 9.90 Å². The fourth-order valence-electron chi connectivity index (χ4n) is 2.19. The molecule has 0 aliphatic rings. The Balaban J connectivity index is 2.41. The van der Waals surface area contributed by atoms with Crippen molar-refractivity contribution in [3.8, 4) is 0 Å². The van der Waals surface area contributed by atoms with E-state index in [1.54, 1.807) is 6.92 Å². The van der Waals surface area contributed by atoms with Crippen LogP contribution >= 0.6 is 0 Å². The van der Waals surface area contributed by atoms with E-state index < -0.39 is 5.60 Å². The predicted octanol–water partition coefficient (Wildman–Crippen LogP) is 2.45. The third-order valence-corrected chi connectivity index (χ3v) is 3.00. The first kappa shape index (κ1) is 15.7. The van der Waals surface area contributed by atoms with Gasteiger partial charge in [-0.1, -0.05) is 43.7 Å². The highest BCUT2D eigenvalue weighted by atomic mass is 16.3. The van der Waals surface area contributed by atoms with Gasteiger partial charge in [-0.3, -0.25) is 4.79 Å². The van der Waals surface area contributed by atoms with Crippen molar-refractivity contribution in [2.75, 3.05) is 6.54 Å². The van der Waals surface area contributed by atoms with Gasteiger partial charge in [0.05, 0.1) is 12.0 Å². The van der Waals surface area contributed by atoms with Crippen molar-refractivity contribution >= 4 is 5.91 Å². The molecular weight excluding hydrogens is 238 g/mol. The van der Waals surface area contributed by atoms with Crippen LogP contribution in [0.4, 0.5) is 0 Å². The van der Waals surface area contributed by atoms with Crippen LogP contribution in [0.1, 0.15) is 38.3 Å². The van der Waals surface area contributed by atoms with Crippen LogP contribution in [0.15, 0.2) is 24.3 Å². The zero-order valence-electron chi connectivity index (χ0n) is 12.4. The standard InChI is InChI=1S/C16H25NO2/c1-12(2)10-16(4,19)11-17-15(18)9-14-7-5-13(3)6-8-14/h5-8,12,19H,9-11H2,1-4H3,(H,17,18). The minimum absolute atomic E-state index is 0.0483. The summed E-state index contributed by atoms with van der Waals surface area (Å²) in [6.45, 7) is 8.20. The van der Waals surface area contributed by atoms with Crippen molar-refractivity contribution in [3.05, 3.63) is 35.4 Å². The van der Waals surface area contributed by atoms with Crippen molar-refractivity contribution in [2.45, 2.75) is 46.1 Å². The average molecular weight is 263 g/mol. The van der Waals surface area contributed by atoms with Crippen molar-refractivity contribution in [1.29, 1.82) is 0 Å². The molecule has 1 aromatic carbocycles. The van der Waals surface area contributed by atoms with E-state index in [0.29, 0.717) is 25.3 Å². The van der Waals surface area contributed by atoms with E-state index in [-0.39, 0.29) is 5.91 Å². The smallest absolute Gasteiger partial charge is 0.224 e. The largest absolute Gasteiger partial charge is 0.388 e. The monoisotopic (exact) mass is 263 g/mol. The maximum atomic E-state index is 11.8. The maximum absolute atomic E-state index is 11.8. The first-order valence-corrected chi connectivity index (χ1v) is 6.83. The van der Waals surface area contributed by atoms with E-state index in [4.69, 9.17) is 0 Å². The van der Waals surface area contributed by atoms with E-state index in [2.05, 4.69) is 19.2 Å². The lowest BCUT2D eigenvalue weighted by Crippen LogP contribution is -2.42. The molecule has 19 heavy (non-hydrogen) atoms. The van der Waals surface area contributed by atoms with Crippen LogP contribution < -0.4 is 5.32 Å². The van der Waals surface area contributed by atoms with Gasteiger partial charge in [-0.25, -0.2) is 0 Å². The van der Waals surface area contributed by atoms with Crippen LogP contribution in [0.25, 0.3) is 0 Å². The summed E-state index contributed by atoms with van der Waals surface area (Å²) in [6, 6.07) is 7.91. The predicted molar refractivity (Wildman–Crippen MR) is 78.0 cm³/mol. The highest BCUT2D eigenvalue weighted by Crippen LogP contribution is 2.15. The number of benzene rings is 1. The Labute approximate surface area is 116 Å². The molecule has 0 fully saturated rings. The molecule has 1 aromatic rings. The summed E-state index contributed by atoms with van der Waals surface area (Å²) in [5.74, 6) is 0.358. The molecule has 0 radical (unpaired) electrons. The van der Waals surface area contributed by atoms with Gasteiger partial charge < -0.3 is 10.4 Å². The van der Waals surface area contributed by atoms with Gasteiger partial charge in [0, 0.05) is 6.54 Å². The van der Waals surface area contributed by atoms with Crippen molar-refractivity contribution in [3.63, 3.8) is 0 Å². The number of aryl methyl sites for hydroxylation is 1. The van der Waals surface area contributed by atoms with Crippen LogP contribution in [-0.4, -0.2) is 23.2 Å². The SMILES string of the molecule is Cc1ccc(CC(=O)NCC(C)(O)CC(C)C)cc1. The fraction of sp³-hybridized carbons (Fsp3) is 0.562. The second-order valence-corrected chi connectivity index (χ2v) is 6.03. The lowest BCUT2D eigenvalue weighted by Gasteiger charge is -2.25. The summed E-state index contributed by atoms with van der Waals surface area (Å²) >= 11 is 0. The Kier molecular flexibility index (Phi) is 5.55. The maximum Gasteiger partial charge on any atom is 0.224 e. The number of aliphatic hydroxyl groups is 1. The van der Waals surface area contributed by atoms with Crippen molar-refractivity contribution in [1.82, 2.24) is 5.32 Å². The highest BCUT2D eigenvalue weighted by molar-refractivity contribution is 5.78. The number of hydrogen-bond donors (Lipinski definition) is 2. The lowest BCUT2D eigenvalue weighted by atomic mass is 9.94. The summed E-state index contributed by atoms with van der Waals surface area (Å²) in [7, 11) is 0. The molecular formula is C16H25NO2. The molecule has 3 nitrogen and oxygen atoms in total. The Morgan fingerprint density at radius 2 is 1.89 bits per heavy atom. The number of carbonyl (C=O) groups is 1. The Bertz CT molecular complexity index is 407. The summed E-state index contributed by atoms with van der Waals surface area (Å²) < 4.78 is 0. The minimum Gasteiger partial charge on any atom is -0.388 e. The quantitative estimate of drug-likeness (QED) is 0.828. The molecule has 0 aliphatic carbocycles. The molecule has 0 heterocycles. The summed E-state index contributed by atoms with van der Waals surface area (Å²) in [5, 5.41) is 12.9. The van der Waals surface area contributed by atoms with Gasteiger partial charge in [-0.2, -0.15) is 0 Å². The van der Waals surface area contributed by atoms with Crippen LogP contribution in [-0.2, 0) is 11.2 Å². The number of carbonyl (C=O) groups excluding carboxylic acids is 1. The molecule has 1 amide bonds. The molecule has 0 spiro atoms. The van der Waals surface area contributed by atoms with Gasteiger partial charge in [0.1, 0.15) is 0 Å². The first-order chi connectivity index (χ1) is 8.78. The van der Waals surface area contributed by atoms with Gasteiger partial charge in [-0.15, -0.1) is 0 Å². The number of hydrogen-bond acceptors (Lipinski definition) is 2. The van der Waals surface area contributed by atoms with E-state index in [9.17, 15) is 9.90 Å². The van der Waals surface area contributed by atoms with E-state index in [1.165, 1.54) is 5.56 Å². The van der Waals surface area contributed by atoms with Crippen molar-refractivity contribution in [2.24, 2.45) is 5.92 Å². The van der Waals surface area contributed by atoms with E-state index in [0.717, 1.165) is 5.56 Å². The van der Waals surface area contributed by atoms with Gasteiger partial charge >= 0.3 is 0 Å². The van der Waals surface area contributed by atoms with Gasteiger partial charge in [0.2, 0.25) is 5.91 Å². The molecule has 0 saturated heterocycles. The Hall–Kier alpha value is -1.35. The fourth-order valence-corrected chi connectivity index (χ4v) is 2.19. The highest BCUT2D eigenvalue weighted by Gasteiger charge is 2.22. The molecule has 2 N–H and O–H groups in total. The Morgan fingerprint density at radius 1 is 1.32 bits per heavy atom. The van der Waals surface area contributed by atoms with Crippen LogP contribution in [0.2, 0.25) is 0 Å². The molecule has 1 unspecified atom stereocenters. The molecule has 1 atom stereocenters. The third kappa shape index (κ3) is 6.39. The number of nitrogens with one attached hydrogen (secondary N) is 1. The molecule has 0 bridgehead atoms. The molecule has 0 aliphatic heterocycles. The number of amides is 1. The second-order valence-electron chi connectivity index (χ2n) is 6.03. The minimum atomic E-state index is -0.836. The van der Waals surface area contributed by atoms with Crippen LogP contribution in [0.3, 0.4) is 0 Å².